The topological polar surface area (TPSA) is 50.2 Å². The van der Waals surface area contributed by atoms with Crippen LogP contribution < -0.4 is 5.32 Å². The third-order valence-corrected chi connectivity index (χ3v) is 5.28. The third kappa shape index (κ3) is 4.38. The smallest absolute Gasteiger partial charge is 0.270 e. The van der Waals surface area contributed by atoms with Crippen molar-refractivity contribution in [3.8, 4) is 16.9 Å². The molecule has 4 rings (SSSR count). The molecule has 1 fully saturated rings. The average molecular weight is 392 g/mol. The number of aryl methyl sites for hydroxylation is 1. The summed E-state index contributed by atoms with van der Waals surface area (Å²) in [7, 11) is 0. The van der Waals surface area contributed by atoms with Gasteiger partial charge in [-0.05, 0) is 63.2 Å². The summed E-state index contributed by atoms with van der Waals surface area (Å²) in [6.07, 6.45) is 2.44. The van der Waals surface area contributed by atoms with E-state index in [2.05, 4.69) is 15.3 Å². The third-order valence-electron chi connectivity index (χ3n) is 5.28. The van der Waals surface area contributed by atoms with Gasteiger partial charge in [-0.1, -0.05) is 29.8 Å². The van der Waals surface area contributed by atoms with Crippen LogP contribution in [0, 0.1) is 12.7 Å². The SMILES string of the molecule is Cc1ccc(-n2nc(-c3ccccc3F)cc2C(=O)NCCN2CCCC2)cc1. The standard InChI is InChI=1S/C23H25FN4O/c1-17-8-10-18(11-9-17)28-22(23(29)25-12-15-27-13-4-5-14-27)16-21(26-28)19-6-2-3-7-20(19)24/h2-3,6-11,16H,4-5,12-15H2,1H3,(H,25,29). The van der Waals surface area contributed by atoms with Gasteiger partial charge in [-0.2, -0.15) is 5.10 Å². The van der Waals surface area contributed by atoms with Crippen LogP contribution in [0.1, 0.15) is 28.9 Å². The Morgan fingerprint density at radius 1 is 1.10 bits per heavy atom. The highest BCUT2D eigenvalue weighted by Crippen LogP contribution is 2.24. The first kappa shape index (κ1) is 19.3. The highest BCUT2D eigenvalue weighted by molar-refractivity contribution is 5.94. The Hall–Kier alpha value is -2.99. The molecule has 0 radical (unpaired) electrons. The van der Waals surface area contributed by atoms with E-state index in [1.165, 1.54) is 18.9 Å². The molecule has 1 amide bonds. The van der Waals surface area contributed by atoms with E-state index in [0.717, 1.165) is 30.9 Å². The summed E-state index contributed by atoms with van der Waals surface area (Å²) < 4.78 is 15.9. The molecule has 1 saturated heterocycles. The first-order chi connectivity index (χ1) is 14.1. The van der Waals surface area contributed by atoms with Crippen LogP contribution in [-0.4, -0.2) is 46.8 Å². The van der Waals surface area contributed by atoms with E-state index in [1.54, 1.807) is 28.9 Å². The van der Waals surface area contributed by atoms with Crippen molar-refractivity contribution in [2.45, 2.75) is 19.8 Å². The molecule has 0 spiro atoms. The number of nitrogens with zero attached hydrogens (tertiary/aromatic N) is 3. The fourth-order valence-corrected chi connectivity index (χ4v) is 3.65. The normalized spacial score (nSPS) is 14.3. The van der Waals surface area contributed by atoms with E-state index in [0.29, 0.717) is 23.5 Å². The van der Waals surface area contributed by atoms with Gasteiger partial charge in [0.2, 0.25) is 0 Å². The fraction of sp³-hybridized carbons (Fsp3) is 0.304. The number of halogens is 1. The molecule has 2 heterocycles. The second-order valence-electron chi connectivity index (χ2n) is 7.45. The highest BCUT2D eigenvalue weighted by atomic mass is 19.1. The summed E-state index contributed by atoms with van der Waals surface area (Å²) in [6.45, 7) is 5.60. The molecule has 29 heavy (non-hydrogen) atoms. The van der Waals surface area contributed by atoms with Crippen LogP contribution in [0.5, 0.6) is 0 Å². The van der Waals surface area contributed by atoms with Gasteiger partial charge in [-0.15, -0.1) is 0 Å². The lowest BCUT2D eigenvalue weighted by molar-refractivity contribution is 0.0942. The second kappa shape index (κ2) is 8.57. The van der Waals surface area contributed by atoms with Crippen LogP contribution in [0.25, 0.3) is 16.9 Å². The van der Waals surface area contributed by atoms with Crippen molar-refractivity contribution in [1.82, 2.24) is 20.0 Å². The number of carbonyl (C=O) groups excluding carboxylic acids is 1. The van der Waals surface area contributed by atoms with Gasteiger partial charge in [0.25, 0.3) is 5.91 Å². The van der Waals surface area contributed by atoms with Crippen molar-refractivity contribution in [3.63, 3.8) is 0 Å². The molecule has 0 bridgehead atoms. The lowest BCUT2D eigenvalue weighted by Crippen LogP contribution is -2.34. The Morgan fingerprint density at radius 2 is 1.83 bits per heavy atom. The van der Waals surface area contributed by atoms with Crippen LogP contribution in [0.15, 0.2) is 54.6 Å². The first-order valence-electron chi connectivity index (χ1n) is 10.0. The molecular weight excluding hydrogens is 367 g/mol. The molecule has 0 aliphatic carbocycles. The minimum absolute atomic E-state index is 0.208. The largest absolute Gasteiger partial charge is 0.349 e. The Balaban J connectivity index is 1.62. The second-order valence-corrected chi connectivity index (χ2v) is 7.45. The zero-order valence-corrected chi connectivity index (χ0v) is 16.6. The summed E-state index contributed by atoms with van der Waals surface area (Å²) in [5.74, 6) is -0.568. The fourth-order valence-electron chi connectivity index (χ4n) is 3.65. The van der Waals surface area contributed by atoms with Crippen LogP contribution in [0.4, 0.5) is 4.39 Å². The number of aromatic nitrogens is 2. The minimum atomic E-state index is -0.359. The summed E-state index contributed by atoms with van der Waals surface area (Å²) in [5.41, 5.74) is 3.10. The first-order valence-corrected chi connectivity index (χ1v) is 10.0. The number of carbonyl (C=O) groups is 1. The lowest BCUT2D eigenvalue weighted by atomic mass is 10.1. The molecule has 5 nitrogen and oxygen atoms in total. The molecule has 1 aliphatic rings. The van der Waals surface area contributed by atoms with Crippen molar-refractivity contribution in [2.75, 3.05) is 26.2 Å². The highest BCUT2D eigenvalue weighted by Gasteiger charge is 2.19. The van der Waals surface area contributed by atoms with Gasteiger partial charge < -0.3 is 10.2 Å². The maximum absolute atomic E-state index is 14.3. The Morgan fingerprint density at radius 3 is 2.55 bits per heavy atom. The zero-order valence-electron chi connectivity index (χ0n) is 16.6. The van der Waals surface area contributed by atoms with E-state index >= 15 is 0 Å². The van der Waals surface area contributed by atoms with Crippen molar-refractivity contribution < 1.29 is 9.18 Å². The molecule has 0 unspecified atom stereocenters. The van der Waals surface area contributed by atoms with Gasteiger partial charge in [0, 0.05) is 18.7 Å². The zero-order chi connectivity index (χ0) is 20.2. The Bertz CT molecular complexity index is 990. The maximum atomic E-state index is 14.3. The van der Waals surface area contributed by atoms with Crippen molar-refractivity contribution in [3.05, 3.63) is 71.7 Å². The van der Waals surface area contributed by atoms with Crippen LogP contribution in [-0.2, 0) is 0 Å². The average Bonchev–Trinajstić information content (AvgIpc) is 3.39. The number of amides is 1. The number of benzene rings is 2. The summed E-state index contributed by atoms with van der Waals surface area (Å²) in [5, 5.41) is 7.54. The van der Waals surface area contributed by atoms with Crippen molar-refractivity contribution in [2.24, 2.45) is 0 Å². The van der Waals surface area contributed by atoms with Gasteiger partial charge in [0.1, 0.15) is 11.5 Å². The predicted octanol–water partition coefficient (Wildman–Crippen LogP) is 3.81. The summed E-state index contributed by atoms with van der Waals surface area (Å²) >= 11 is 0. The van der Waals surface area contributed by atoms with Gasteiger partial charge in [0.05, 0.1) is 11.4 Å². The molecule has 1 N–H and O–H groups in total. The lowest BCUT2D eigenvalue weighted by Gasteiger charge is -2.15. The quantitative estimate of drug-likeness (QED) is 0.694. The number of hydrogen-bond donors (Lipinski definition) is 1. The van der Waals surface area contributed by atoms with E-state index in [-0.39, 0.29) is 11.7 Å². The number of likely N-dealkylation sites (tertiary alicyclic amines) is 1. The number of hydrogen-bond acceptors (Lipinski definition) is 3. The summed E-state index contributed by atoms with van der Waals surface area (Å²) in [4.78, 5) is 15.3. The minimum Gasteiger partial charge on any atom is -0.349 e. The predicted molar refractivity (Wildman–Crippen MR) is 112 cm³/mol. The molecule has 0 atom stereocenters. The molecule has 3 aromatic rings. The monoisotopic (exact) mass is 392 g/mol. The molecule has 0 saturated carbocycles. The summed E-state index contributed by atoms with van der Waals surface area (Å²) in [6, 6.07) is 15.9. The van der Waals surface area contributed by atoms with E-state index in [1.807, 2.05) is 31.2 Å². The van der Waals surface area contributed by atoms with E-state index in [9.17, 15) is 9.18 Å². The van der Waals surface area contributed by atoms with Crippen molar-refractivity contribution in [1.29, 1.82) is 0 Å². The van der Waals surface area contributed by atoms with Gasteiger partial charge in [-0.25, -0.2) is 9.07 Å². The Kier molecular flexibility index (Phi) is 5.71. The van der Waals surface area contributed by atoms with Crippen LogP contribution in [0.3, 0.4) is 0 Å². The molecular formula is C23H25FN4O. The van der Waals surface area contributed by atoms with Crippen molar-refractivity contribution >= 4 is 5.91 Å². The molecule has 150 valence electrons. The van der Waals surface area contributed by atoms with Crippen LogP contribution in [0.2, 0.25) is 0 Å². The van der Waals surface area contributed by atoms with E-state index < -0.39 is 0 Å². The van der Waals surface area contributed by atoms with Gasteiger partial charge >= 0.3 is 0 Å². The number of nitrogens with one attached hydrogen (secondary N) is 1. The maximum Gasteiger partial charge on any atom is 0.270 e. The van der Waals surface area contributed by atoms with Gasteiger partial charge in [0.15, 0.2) is 0 Å². The number of rotatable bonds is 6. The van der Waals surface area contributed by atoms with E-state index in [4.69, 9.17) is 0 Å². The molecule has 1 aromatic heterocycles. The Labute approximate surface area is 170 Å². The molecule has 6 heteroatoms. The molecule has 2 aromatic carbocycles. The van der Waals surface area contributed by atoms with Crippen LogP contribution >= 0.6 is 0 Å². The molecule has 1 aliphatic heterocycles. The van der Waals surface area contributed by atoms with Gasteiger partial charge in [-0.3, -0.25) is 4.79 Å².